The highest BCUT2D eigenvalue weighted by Gasteiger charge is 2.13. The normalized spacial score (nSPS) is 9.64. The number of pyridine rings is 2. The molecule has 0 fully saturated rings. The second-order valence-electron chi connectivity index (χ2n) is 7.54. The minimum atomic E-state index is -4.70. The van der Waals surface area contributed by atoms with Crippen LogP contribution in [0.3, 0.4) is 0 Å². The van der Waals surface area contributed by atoms with Crippen molar-refractivity contribution in [2.75, 3.05) is 11.5 Å². The zero-order chi connectivity index (χ0) is 32.1. The lowest BCUT2D eigenvalue weighted by Gasteiger charge is -2.08. The largest absolute Gasteiger partial charge is 0.744 e. The van der Waals surface area contributed by atoms with Crippen LogP contribution in [0.25, 0.3) is 0 Å². The van der Waals surface area contributed by atoms with Crippen molar-refractivity contribution in [3.63, 3.8) is 0 Å². The molecule has 0 unspecified atom stereocenters. The molecule has 0 radical (unpaired) electrons. The van der Waals surface area contributed by atoms with Crippen LogP contribution in [0.2, 0.25) is 0 Å². The first-order valence-corrected chi connectivity index (χ1v) is 13.7. The maximum Gasteiger partial charge on any atom is 0.339 e. The summed E-state index contributed by atoms with van der Waals surface area (Å²) in [5.41, 5.74) is 11.0. The van der Waals surface area contributed by atoms with Crippen LogP contribution in [0.1, 0.15) is 20.7 Å². The highest BCUT2D eigenvalue weighted by atomic mass is 32.2. The summed E-state index contributed by atoms with van der Waals surface area (Å²) >= 11 is 0. The fraction of sp³-hybridized carbons (Fsp3) is 0. The van der Waals surface area contributed by atoms with Crippen LogP contribution >= 0.6 is 0 Å². The van der Waals surface area contributed by atoms with E-state index in [0.717, 1.165) is 35.6 Å². The molecule has 0 amide bonds. The summed E-state index contributed by atoms with van der Waals surface area (Å²) in [6.07, 6.45) is 7.15. The Morgan fingerprint density at radius 3 is 1.02 bits per heavy atom. The van der Waals surface area contributed by atoms with Gasteiger partial charge < -0.3 is 57.4 Å². The van der Waals surface area contributed by atoms with Crippen molar-refractivity contribution in [1.82, 2.24) is 0 Å². The number of hydrogen-bond donors (Lipinski definition) is 6. The molecule has 19 nitrogen and oxygen atoms in total. The number of benzene rings is 2. The molecule has 4 rings (SSSR count). The number of nitrogens with one attached hydrogen (secondary N) is 2. The van der Waals surface area contributed by atoms with Crippen LogP contribution in [-0.2, 0) is 20.2 Å². The number of phenols is 2. The van der Waals surface area contributed by atoms with Crippen LogP contribution in [0.15, 0.2) is 95.2 Å². The monoisotopic (exact) mass is 678 g/mol. The van der Waals surface area contributed by atoms with E-state index in [2.05, 4.69) is 9.97 Å². The van der Waals surface area contributed by atoms with Gasteiger partial charge in [0.05, 0.1) is 9.79 Å². The summed E-state index contributed by atoms with van der Waals surface area (Å²) in [6, 6.07) is 11.8. The quantitative estimate of drug-likeness (QED) is 0.123. The zero-order valence-electron chi connectivity index (χ0n) is 22.6. The van der Waals surface area contributed by atoms with Gasteiger partial charge in [-0.2, -0.15) is 0 Å². The molecule has 0 aliphatic heterocycles. The minimum Gasteiger partial charge on any atom is -0.744 e. The lowest BCUT2D eigenvalue weighted by molar-refractivity contribution is -0.378. The second-order valence-corrected chi connectivity index (χ2v) is 10.3. The number of carboxylic acid groups (broad SMARTS) is 2. The Kier molecular flexibility index (Phi) is 19.3. The predicted octanol–water partition coefficient (Wildman–Crippen LogP) is -2.32. The molecule has 4 aromatic rings. The van der Waals surface area contributed by atoms with E-state index in [1.165, 1.54) is 0 Å². The van der Waals surface area contributed by atoms with Gasteiger partial charge in [-0.05, 0) is 36.4 Å². The fourth-order valence-corrected chi connectivity index (χ4v) is 3.48. The third-order valence-corrected chi connectivity index (χ3v) is 6.12. The van der Waals surface area contributed by atoms with Crippen molar-refractivity contribution in [3.05, 3.63) is 96.6 Å². The molecule has 248 valence electrons. The van der Waals surface area contributed by atoms with Gasteiger partial charge >= 0.3 is 11.9 Å². The smallest absolute Gasteiger partial charge is 0.339 e. The summed E-state index contributed by atoms with van der Waals surface area (Å²) in [6.45, 7) is 0. The molecular weight excluding hydrogens is 648 g/mol. The van der Waals surface area contributed by atoms with Crippen molar-refractivity contribution < 1.29 is 82.4 Å². The highest BCUT2D eigenvalue weighted by molar-refractivity contribution is 7.86. The molecule has 16 N–H and O–H groups in total. The molecule has 0 aliphatic rings. The van der Waals surface area contributed by atoms with E-state index in [-0.39, 0.29) is 16.4 Å². The van der Waals surface area contributed by atoms with E-state index >= 15 is 0 Å². The third kappa shape index (κ3) is 16.1. The standard InChI is InChI=1S/2C7H6O6S.2C5H6N2.3H2O/c2*8-6-2-1-4(14(11,12)13)3-5(6)7(9)10;2*6-5-1-3-7-4-2-5;;;/h2*1-3,8H,(H,9,10)(H,11,12,13);2*1-4H,(H2,6,7);3*1H2. The van der Waals surface area contributed by atoms with Gasteiger partial charge in [-0.15, -0.1) is 0 Å². The van der Waals surface area contributed by atoms with Crippen LogP contribution < -0.4 is 21.4 Å². The van der Waals surface area contributed by atoms with Crippen molar-refractivity contribution >= 4 is 43.5 Å². The molecule has 0 atom stereocenters. The maximum absolute atomic E-state index is 10.5. The maximum atomic E-state index is 10.5. The molecule has 0 saturated carbocycles. The summed E-state index contributed by atoms with van der Waals surface area (Å²) in [4.78, 5) is 25.2. The lowest BCUT2D eigenvalue weighted by atomic mass is 10.2. The first kappa shape index (κ1) is 44.0. The molecule has 0 spiro atoms. The number of aromatic hydroxyl groups is 2. The molecule has 0 aliphatic carbocycles. The topological polar surface area (TPSA) is 404 Å². The Balaban J connectivity index is -0.000000534. The van der Waals surface area contributed by atoms with E-state index in [4.69, 9.17) is 31.9 Å². The summed E-state index contributed by atoms with van der Waals surface area (Å²) in [5, 5.41) is 35.0. The number of aromatic amines is 2. The molecule has 0 bridgehead atoms. The molecular formula is C24H30N4O15S2. The van der Waals surface area contributed by atoms with Crippen LogP contribution in [0, 0.1) is 0 Å². The van der Waals surface area contributed by atoms with Crippen LogP contribution in [-0.4, -0.2) is 74.7 Å². The fourth-order valence-electron chi connectivity index (χ4n) is 2.48. The summed E-state index contributed by atoms with van der Waals surface area (Å²) in [5.74, 6) is -4.20. The highest BCUT2D eigenvalue weighted by Crippen LogP contribution is 2.21. The number of aromatic carboxylic acids is 2. The van der Waals surface area contributed by atoms with E-state index < -0.39 is 64.6 Å². The number of carboxylic acids is 2. The van der Waals surface area contributed by atoms with Gasteiger partial charge in [-0.1, -0.05) is 0 Å². The van der Waals surface area contributed by atoms with Crippen LogP contribution in [0.5, 0.6) is 11.5 Å². The molecule has 0 saturated heterocycles. The number of rotatable bonds is 4. The van der Waals surface area contributed by atoms with Gasteiger partial charge in [-0.25, -0.2) is 36.4 Å². The third-order valence-electron chi connectivity index (χ3n) is 4.46. The van der Waals surface area contributed by atoms with Gasteiger partial charge in [0.2, 0.25) is 0 Å². The molecule has 2 aromatic heterocycles. The average Bonchev–Trinajstić information content (AvgIpc) is 2.89. The number of hydrogen-bond acceptors (Lipinski definition) is 12. The predicted molar refractivity (Wildman–Crippen MR) is 152 cm³/mol. The van der Waals surface area contributed by atoms with Gasteiger partial charge in [-0.3, -0.25) is 0 Å². The van der Waals surface area contributed by atoms with E-state index in [1.54, 1.807) is 49.1 Å². The Labute approximate surface area is 255 Å². The van der Waals surface area contributed by atoms with Gasteiger partial charge in [0, 0.05) is 35.6 Å². The number of H-pyrrole nitrogens is 2. The van der Waals surface area contributed by atoms with Crippen molar-refractivity contribution in [2.45, 2.75) is 9.79 Å². The first-order valence-electron chi connectivity index (χ1n) is 10.9. The Morgan fingerprint density at radius 1 is 0.578 bits per heavy atom. The van der Waals surface area contributed by atoms with Gasteiger partial charge in [0.1, 0.15) is 42.9 Å². The summed E-state index contributed by atoms with van der Waals surface area (Å²) in [7, 11) is -9.40. The number of aromatic nitrogens is 2. The summed E-state index contributed by atoms with van der Waals surface area (Å²) < 4.78 is 62.9. The van der Waals surface area contributed by atoms with Crippen molar-refractivity contribution in [3.8, 4) is 11.5 Å². The number of carbonyl (C=O) groups is 2. The average molecular weight is 679 g/mol. The van der Waals surface area contributed by atoms with Gasteiger partial charge in [0.25, 0.3) is 0 Å². The van der Waals surface area contributed by atoms with E-state index in [1.807, 2.05) is 0 Å². The molecule has 45 heavy (non-hydrogen) atoms. The molecule has 21 heteroatoms. The van der Waals surface area contributed by atoms with E-state index in [9.17, 15) is 35.5 Å². The number of anilines is 2. The first-order chi connectivity index (χ1) is 19.4. The van der Waals surface area contributed by atoms with Crippen molar-refractivity contribution in [2.24, 2.45) is 0 Å². The number of nitrogen functional groups attached to an aromatic ring is 2. The Bertz CT molecular complexity index is 1600. The van der Waals surface area contributed by atoms with E-state index in [0.29, 0.717) is 12.1 Å². The van der Waals surface area contributed by atoms with Gasteiger partial charge in [0.15, 0.2) is 24.8 Å². The Hall–Kier alpha value is -5.42. The van der Waals surface area contributed by atoms with Crippen molar-refractivity contribution in [1.29, 1.82) is 0 Å². The minimum absolute atomic E-state index is 0. The zero-order valence-corrected chi connectivity index (χ0v) is 24.2. The van der Waals surface area contributed by atoms with Crippen LogP contribution in [0.4, 0.5) is 11.4 Å². The number of nitrogens with two attached hydrogens (primary N) is 2. The molecule has 2 aromatic carbocycles. The SMILES string of the molecule is Nc1cc[nH+]cc1.Nc1cc[nH+]cc1.O.O.O.O=C(O)c1cc(S(=O)(=O)[O-])ccc1O.O=C(O)c1cc(S(=O)(=O)[O-])ccc1O. The Morgan fingerprint density at radius 2 is 0.844 bits per heavy atom. The molecule has 2 heterocycles. The second kappa shape index (κ2) is 19.7. The lowest BCUT2D eigenvalue weighted by Crippen LogP contribution is -2.03.